The number of fused-ring (bicyclic) bond motifs is 2. The summed E-state index contributed by atoms with van der Waals surface area (Å²) in [5.41, 5.74) is 0.778. The van der Waals surface area contributed by atoms with Crippen LogP contribution in [0.5, 0.6) is 0 Å². The second-order valence-corrected chi connectivity index (χ2v) is 7.20. The first-order valence-electron chi connectivity index (χ1n) is 7.91. The van der Waals surface area contributed by atoms with E-state index in [0.717, 1.165) is 25.5 Å². The maximum Gasteiger partial charge on any atom is 0.0636 e. The van der Waals surface area contributed by atoms with E-state index in [1.165, 1.54) is 19.3 Å². The molecule has 4 atom stereocenters. The molecular weight excluding hydrogens is 238 g/mol. The average molecular weight is 269 g/mol. The van der Waals surface area contributed by atoms with Gasteiger partial charge in [0.1, 0.15) is 0 Å². The molecule has 3 heteroatoms. The van der Waals surface area contributed by atoms with E-state index in [4.69, 9.17) is 4.74 Å². The molecule has 2 aliphatic rings. The third kappa shape index (κ3) is 2.57. The van der Waals surface area contributed by atoms with E-state index in [1.807, 2.05) is 0 Å². The zero-order valence-electron chi connectivity index (χ0n) is 13.0. The maximum atomic E-state index is 9.27. The molecule has 0 aliphatic heterocycles. The minimum atomic E-state index is 0.185. The number of hydrogen-bond donors (Lipinski definition) is 2. The molecule has 4 unspecified atom stereocenters. The summed E-state index contributed by atoms with van der Waals surface area (Å²) in [6.07, 6.45) is 5.24. The van der Waals surface area contributed by atoms with E-state index in [2.05, 4.69) is 33.0 Å². The third-order valence-corrected chi connectivity index (χ3v) is 6.21. The van der Waals surface area contributed by atoms with Crippen molar-refractivity contribution in [1.82, 2.24) is 5.32 Å². The third-order valence-electron chi connectivity index (χ3n) is 6.21. The zero-order valence-corrected chi connectivity index (χ0v) is 13.0. The van der Waals surface area contributed by atoms with Crippen molar-refractivity contribution in [3.63, 3.8) is 0 Å². The molecular formula is C16H31NO2. The monoisotopic (exact) mass is 269 g/mol. The Morgan fingerprint density at radius 2 is 2.11 bits per heavy atom. The molecule has 2 bridgehead atoms. The van der Waals surface area contributed by atoms with Crippen LogP contribution in [-0.4, -0.2) is 37.0 Å². The van der Waals surface area contributed by atoms with Crippen molar-refractivity contribution >= 4 is 0 Å². The van der Waals surface area contributed by atoms with E-state index in [9.17, 15) is 5.11 Å². The number of ether oxygens (including phenoxy) is 1. The van der Waals surface area contributed by atoms with Gasteiger partial charge in [-0.15, -0.1) is 0 Å². The van der Waals surface area contributed by atoms with Crippen LogP contribution in [0.15, 0.2) is 0 Å². The summed E-state index contributed by atoms with van der Waals surface area (Å²) in [6, 6.07) is 0.185. The SMILES string of the molecule is CCNC(CO)CCOC1CC2CCC1(C)C2(C)C. The molecule has 2 rings (SSSR count). The normalized spacial score (nSPS) is 37.7. The Labute approximate surface area is 118 Å². The van der Waals surface area contributed by atoms with Crippen LogP contribution in [0.25, 0.3) is 0 Å². The molecule has 2 fully saturated rings. The Kier molecular flexibility index (Phi) is 4.59. The minimum absolute atomic E-state index is 0.185. The Hall–Kier alpha value is -0.120. The molecule has 0 saturated heterocycles. The molecule has 0 heterocycles. The van der Waals surface area contributed by atoms with Crippen molar-refractivity contribution in [1.29, 1.82) is 0 Å². The zero-order chi connectivity index (χ0) is 14.1. The van der Waals surface area contributed by atoms with Gasteiger partial charge in [0.15, 0.2) is 0 Å². The van der Waals surface area contributed by atoms with Crippen LogP contribution < -0.4 is 5.32 Å². The highest BCUT2D eigenvalue weighted by atomic mass is 16.5. The molecule has 0 aromatic rings. The highest BCUT2D eigenvalue weighted by Gasteiger charge is 2.61. The largest absolute Gasteiger partial charge is 0.395 e. The Morgan fingerprint density at radius 1 is 1.37 bits per heavy atom. The lowest BCUT2D eigenvalue weighted by molar-refractivity contribution is -0.0498. The molecule has 0 amide bonds. The fraction of sp³-hybridized carbons (Fsp3) is 1.00. The van der Waals surface area contributed by atoms with Gasteiger partial charge in [-0.2, -0.15) is 0 Å². The Bertz CT molecular complexity index is 305. The molecule has 19 heavy (non-hydrogen) atoms. The van der Waals surface area contributed by atoms with E-state index < -0.39 is 0 Å². The van der Waals surface area contributed by atoms with Crippen molar-refractivity contribution < 1.29 is 9.84 Å². The summed E-state index contributed by atoms with van der Waals surface area (Å²) in [4.78, 5) is 0. The number of aliphatic hydroxyl groups excluding tert-OH is 1. The first-order chi connectivity index (χ1) is 8.95. The quantitative estimate of drug-likeness (QED) is 0.746. The highest BCUT2D eigenvalue weighted by molar-refractivity contribution is 5.11. The van der Waals surface area contributed by atoms with Crippen LogP contribution in [0.1, 0.15) is 53.4 Å². The van der Waals surface area contributed by atoms with Gasteiger partial charge in [0.05, 0.1) is 12.7 Å². The van der Waals surface area contributed by atoms with Crippen LogP contribution >= 0.6 is 0 Å². The molecule has 2 saturated carbocycles. The predicted molar refractivity (Wildman–Crippen MR) is 78.1 cm³/mol. The molecule has 3 nitrogen and oxygen atoms in total. The van der Waals surface area contributed by atoms with Crippen molar-refractivity contribution in [3.8, 4) is 0 Å². The van der Waals surface area contributed by atoms with E-state index in [1.54, 1.807) is 0 Å². The standard InChI is InChI=1S/C16H31NO2/c1-5-17-13(11-18)7-9-19-14-10-12-6-8-16(14,4)15(12,2)3/h12-14,17-18H,5-11H2,1-4H3. The minimum Gasteiger partial charge on any atom is -0.395 e. The van der Waals surface area contributed by atoms with E-state index >= 15 is 0 Å². The number of aliphatic hydroxyl groups is 1. The van der Waals surface area contributed by atoms with Crippen molar-refractivity contribution in [2.75, 3.05) is 19.8 Å². The van der Waals surface area contributed by atoms with E-state index in [0.29, 0.717) is 16.9 Å². The van der Waals surface area contributed by atoms with Crippen molar-refractivity contribution in [2.24, 2.45) is 16.7 Å². The highest BCUT2D eigenvalue weighted by Crippen LogP contribution is 2.66. The lowest BCUT2D eigenvalue weighted by atomic mass is 9.70. The number of rotatable bonds is 7. The molecule has 0 radical (unpaired) electrons. The summed E-state index contributed by atoms with van der Waals surface area (Å²) in [7, 11) is 0. The van der Waals surface area contributed by atoms with E-state index in [-0.39, 0.29) is 12.6 Å². The molecule has 0 aromatic heterocycles. The summed E-state index contributed by atoms with van der Waals surface area (Å²) < 4.78 is 6.20. The lowest BCUT2D eigenvalue weighted by Crippen LogP contribution is -2.38. The van der Waals surface area contributed by atoms with Crippen LogP contribution in [-0.2, 0) is 4.74 Å². The van der Waals surface area contributed by atoms with Gasteiger partial charge in [-0.05, 0) is 49.0 Å². The van der Waals surface area contributed by atoms with Gasteiger partial charge in [0, 0.05) is 12.6 Å². The second-order valence-electron chi connectivity index (χ2n) is 7.20. The lowest BCUT2D eigenvalue weighted by Gasteiger charge is -2.39. The smallest absolute Gasteiger partial charge is 0.0636 e. The van der Waals surface area contributed by atoms with Gasteiger partial charge in [0.2, 0.25) is 0 Å². The fourth-order valence-electron chi connectivity index (χ4n) is 4.28. The van der Waals surface area contributed by atoms with Gasteiger partial charge >= 0.3 is 0 Å². The molecule has 0 spiro atoms. The Morgan fingerprint density at radius 3 is 2.58 bits per heavy atom. The molecule has 0 aromatic carbocycles. The maximum absolute atomic E-state index is 9.27. The second kappa shape index (κ2) is 5.71. The van der Waals surface area contributed by atoms with Gasteiger partial charge < -0.3 is 15.2 Å². The summed E-state index contributed by atoms with van der Waals surface area (Å²) in [5.74, 6) is 0.838. The predicted octanol–water partition coefficient (Wildman–Crippen LogP) is 2.58. The van der Waals surface area contributed by atoms with Crippen LogP contribution in [0.4, 0.5) is 0 Å². The fourth-order valence-corrected chi connectivity index (χ4v) is 4.28. The van der Waals surface area contributed by atoms with Gasteiger partial charge in [-0.1, -0.05) is 27.7 Å². The number of hydrogen-bond acceptors (Lipinski definition) is 3. The first-order valence-corrected chi connectivity index (χ1v) is 7.91. The first kappa shape index (κ1) is 15.3. The molecule has 112 valence electrons. The van der Waals surface area contributed by atoms with Crippen molar-refractivity contribution in [3.05, 3.63) is 0 Å². The summed E-state index contributed by atoms with van der Waals surface area (Å²) in [5, 5.41) is 12.6. The number of likely N-dealkylation sites (N-methyl/N-ethyl adjacent to an activating group) is 1. The van der Waals surface area contributed by atoms with Gasteiger partial charge in [-0.3, -0.25) is 0 Å². The molecule has 2 aliphatic carbocycles. The Balaban J connectivity index is 1.82. The average Bonchev–Trinajstić information content (AvgIpc) is 2.70. The summed E-state index contributed by atoms with van der Waals surface area (Å²) in [6.45, 7) is 11.2. The van der Waals surface area contributed by atoms with Gasteiger partial charge in [-0.25, -0.2) is 0 Å². The van der Waals surface area contributed by atoms with Gasteiger partial charge in [0.25, 0.3) is 0 Å². The molecule has 2 N–H and O–H groups in total. The van der Waals surface area contributed by atoms with Crippen LogP contribution in [0.3, 0.4) is 0 Å². The van der Waals surface area contributed by atoms with Crippen molar-refractivity contribution in [2.45, 2.75) is 65.5 Å². The van der Waals surface area contributed by atoms with Crippen LogP contribution in [0.2, 0.25) is 0 Å². The topological polar surface area (TPSA) is 41.5 Å². The number of nitrogens with one attached hydrogen (secondary N) is 1. The summed E-state index contributed by atoms with van der Waals surface area (Å²) >= 11 is 0. The van der Waals surface area contributed by atoms with Crippen LogP contribution in [0, 0.1) is 16.7 Å².